The van der Waals surface area contributed by atoms with Crippen LogP contribution in [0.5, 0.6) is 0 Å². The average Bonchev–Trinajstić information content (AvgIpc) is 2.97. The number of carboxylic acid groups (broad SMARTS) is 1. The number of halogens is 1. The lowest BCUT2D eigenvalue weighted by atomic mass is 9.92. The van der Waals surface area contributed by atoms with Gasteiger partial charge < -0.3 is 9.84 Å². The molecule has 5 nitrogen and oxygen atoms in total. The van der Waals surface area contributed by atoms with Crippen LogP contribution in [-0.4, -0.2) is 40.8 Å². The first kappa shape index (κ1) is 19.0. The number of cyclic esters (lactones) is 1. The van der Waals surface area contributed by atoms with E-state index in [1.165, 1.54) is 11.0 Å². The van der Waals surface area contributed by atoms with Crippen LogP contribution in [0, 0.1) is 5.82 Å². The fourth-order valence-electron chi connectivity index (χ4n) is 3.73. The maximum Gasteiger partial charge on any atom is 0.415 e. The number of carboxylic acids is 1. The minimum Gasteiger partial charge on any atom is -0.478 e. The van der Waals surface area contributed by atoms with E-state index in [1.807, 2.05) is 18.7 Å². The van der Waals surface area contributed by atoms with Gasteiger partial charge in [-0.3, -0.25) is 4.90 Å². The molecule has 0 bridgehead atoms. The van der Waals surface area contributed by atoms with Gasteiger partial charge in [-0.15, -0.1) is 0 Å². The van der Waals surface area contributed by atoms with E-state index >= 15 is 0 Å². The number of thioether (sulfide) groups is 1. The first-order valence-electron chi connectivity index (χ1n) is 9.12. The lowest BCUT2D eigenvalue weighted by molar-refractivity contribution is -0.145. The molecule has 26 heavy (non-hydrogen) atoms. The second kappa shape index (κ2) is 8.29. The molecular weight excluding hydrogens is 357 g/mol. The fourth-order valence-corrected chi connectivity index (χ4v) is 4.83. The van der Waals surface area contributed by atoms with E-state index in [2.05, 4.69) is 0 Å². The summed E-state index contributed by atoms with van der Waals surface area (Å²) in [5, 5.41) is 9.35. The van der Waals surface area contributed by atoms with Crippen LogP contribution in [0.4, 0.5) is 14.9 Å². The molecular formula is C19H24FNO4S. The van der Waals surface area contributed by atoms with Crippen molar-refractivity contribution in [2.24, 2.45) is 0 Å². The molecule has 2 aliphatic rings. The SMILES string of the molecule is CCCCC1[C@H](C(=O)O)OC(=O)N1c1ccc(C2CCSCC2)c(F)c1. The molecule has 2 atom stereocenters. The average molecular weight is 381 g/mol. The summed E-state index contributed by atoms with van der Waals surface area (Å²) >= 11 is 1.89. The monoisotopic (exact) mass is 381 g/mol. The smallest absolute Gasteiger partial charge is 0.415 e. The van der Waals surface area contributed by atoms with E-state index in [0.717, 1.165) is 37.2 Å². The lowest BCUT2D eigenvalue weighted by Crippen LogP contribution is -2.40. The molecule has 2 heterocycles. The number of ether oxygens (including phenoxy) is 1. The van der Waals surface area contributed by atoms with E-state index in [1.54, 1.807) is 12.1 Å². The molecule has 1 amide bonds. The highest BCUT2D eigenvalue weighted by atomic mass is 32.2. The van der Waals surface area contributed by atoms with Gasteiger partial charge in [0.25, 0.3) is 0 Å². The van der Waals surface area contributed by atoms with Crippen LogP contribution in [0.1, 0.15) is 50.5 Å². The summed E-state index contributed by atoms with van der Waals surface area (Å²) in [5.41, 5.74) is 1.05. The summed E-state index contributed by atoms with van der Waals surface area (Å²) in [5.74, 6) is 0.769. The number of nitrogens with zero attached hydrogens (tertiary/aromatic N) is 1. The predicted octanol–water partition coefficient (Wildman–Crippen LogP) is 4.40. The van der Waals surface area contributed by atoms with Crippen molar-refractivity contribution in [3.05, 3.63) is 29.6 Å². The number of unbranched alkanes of at least 4 members (excludes halogenated alkanes) is 1. The molecule has 1 unspecified atom stereocenters. The molecule has 142 valence electrons. The van der Waals surface area contributed by atoms with Gasteiger partial charge in [-0.05, 0) is 54.4 Å². The van der Waals surface area contributed by atoms with Crippen LogP contribution in [0.15, 0.2) is 18.2 Å². The maximum atomic E-state index is 14.7. The normalized spacial score (nSPS) is 23.9. The second-order valence-electron chi connectivity index (χ2n) is 6.81. The van der Waals surface area contributed by atoms with E-state index in [9.17, 15) is 19.1 Å². The molecule has 0 radical (unpaired) electrons. The zero-order chi connectivity index (χ0) is 18.7. The van der Waals surface area contributed by atoms with Gasteiger partial charge in [0, 0.05) is 0 Å². The van der Waals surface area contributed by atoms with Crippen LogP contribution in [0.3, 0.4) is 0 Å². The Morgan fingerprint density at radius 1 is 1.38 bits per heavy atom. The van der Waals surface area contributed by atoms with E-state index in [4.69, 9.17) is 4.74 Å². The highest BCUT2D eigenvalue weighted by molar-refractivity contribution is 7.99. The Labute approximate surface area is 156 Å². The van der Waals surface area contributed by atoms with Crippen molar-refractivity contribution in [2.75, 3.05) is 16.4 Å². The number of carbonyl (C=O) groups excluding carboxylic acids is 1. The van der Waals surface area contributed by atoms with E-state index < -0.39 is 24.2 Å². The topological polar surface area (TPSA) is 66.8 Å². The molecule has 0 spiro atoms. The Hall–Kier alpha value is -1.76. The Balaban J connectivity index is 1.86. The molecule has 2 fully saturated rings. The van der Waals surface area contributed by atoms with Crippen LogP contribution in [-0.2, 0) is 9.53 Å². The van der Waals surface area contributed by atoms with Crippen molar-refractivity contribution in [1.29, 1.82) is 0 Å². The minimum absolute atomic E-state index is 0.207. The number of carbonyl (C=O) groups is 2. The van der Waals surface area contributed by atoms with Gasteiger partial charge in [0.2, 0.25) is 6.10 Å². The molecule has 2 saturated heterocycles. The van der Waals surface area contributed by atoms with Gasteiger partial charge in [0.15, 0.2) is 0 Å². The Kier molecular flexibility index (Phi) is 6.06. The maximum absolute atomic E-state index is 14.7. The molecule has 1 aromatic rings. The number of hydrogen-bond donors (Lipinski definition) is 1. The molecule has 0 saturated carbocycles. The zero-order valence-corrected chi connectivity index (χ0v) is 15.6. The number of aliphatic carboxylic acids is 1. The highest BCUT2D eigenvalue weighted by Gasteiger charge is 2.46. The minimum atomic E-state index is -1.22. The van der Waals surface area contributed by atoms with Crippen molar-refractivity contribution in [2.45, 2.75) is 57.1 Å². The number of benzene rings is 1. The van der Waals surface area contributed by atoms with Crippen molar-refractivity contribution < 1.29 is 23.8 Å². The molecule has 7 heteroatoms. The molecule has 2 aliphatic heterocycles. The summed E-state index contributed by atoms with van der Waals surface area (Å²) < 4.78 is 19.8. The molecule has 3 rings (SSSR count). The lowest BCUT2D eigenvalue weighted by Gasteiger charge is -2.25. The van der Waals surface area contributed by atoms with Gasteiger partial charge in [-0.1, -0.05) is 25.8 Å². The summed E-state index contributed by atoms with van der Waals surface area (Å²) in [6.07, 6.45) is 2.11. The number of amides is 1. The standard InChI is InChI=1S/C19H24FNO4S/c1-2-3-4-16-17(18(22)23)25-19(24)21(16)13-5-6-14(15(20)11-13)12-7-9-26-10-8-12/h5-6,11-12,16-17H,2-4,7-10H2,1H3,(H,22,23)/t16?,17-/m1/s1. The fraction of sp³-hybridized carbons (Fsp3) is 0.579. The summed E-state index contributed by atoms with van der Waals surface area (Å²) in [4.78, 5) is 25.0. The largest absolute Gasteiger partial charge is 0.478 e. The molecule has 1 N–H and O–H groups in total. The highest BCUT2D eigenvalue weighted by Crippen LogP contribution is 2.36. The van der Waals surface area contributed by atoms with E-state index in [-0.39, 0.29) is 11.7 Å². The third-order valence-electron chi connectivity index (χ3n) is 5.13. The van der Waals surface area contributed by atoms with Crippen molar-refractivity contribution >= 4 is 29.5 Å². The summed E-state index contributed by atoms with van der Waals surface area (Å²) in [7, 11) is 0. The van der Waals surface area contributed by atoms with Crippen LogP contribution in [0.25, 0.3) is 0 Å². The Bertz CT molecular complexity index is 678. The van der Waals surface area contributed by atoms with Crippen molar-refractivity contribution in [3.8, 4) is 0 Å². The zero-order valence-electron chi connectivity index (χ0n) is 14.8. The van der Waals surface area contributed by atoms with Crippen LogP contribution < -0.4 is 4.90 Å². The van der Waals surface area contributed by atoms with Crippen molar-refractivity contribution in [1.82, 2.24) is 0 Å². The van der Waals surface area contributed by atoms with Gasteiger partial charge in [-0.25, -0.2) is 14.0 Å². The Morgan fingerprint density at radius 2 is 2.12 bits per heavy atom. The Morgan fingerprint density at radius 3 is 2.73 bits per heavy atom. The number of anilines is 1. The van der Waals surface area contributed by atoms with Gasteiger partial charge in [0.05, 0.1) is 11.7 Å². The van der Waals surface area contributed by atoms with Gasteiger partial charge >= 0.3 is 12.1 Å². The van der Waals surface area contributed by atoms with E-state index in [0.29, 0.717) is 17.7 Å². The van der Waals surface area contributed by atoms with Crippen molar-refractivity contribution in [3.63, 3.8) is 0 Å². The third-order valence-corrected chi connectivity index (χ3v) is 6.17. The van der Waals surface area contributed by atoms with Crippen LogP contribution in [0.2, 0.25) is 0 Å². The molecule has 1 aromatic carbocycles. The second-order valence-corrected chi connectivity index (χ2v) is 8.04. The van der Waals surface area contributed by atoms with Crippen LogP contribution >= 0.6 is 11.8 Å². The number of hydrogen-bond acceptors (Lipinski definition) is 4. The number of rotatable bonds is 6. The van der Waals surface area contributed by atoms with Gasteiger partial charge in [0.1, 0.15) is 5.82 Å². The third kappa shape index (κ3) is 3.82. The summed E-state index contributed by atoms with van der Waals surface area (Å²) in [6, 6.07) is 4.19. The first-order valence-corrected chi connectivity index (χ1v) is 10.3. The predicted molar refractivity (Wildman–Crippen MR) is 99.4 cm³/mol. The first-order chi connectivity index (χ1) is 12.5. The summed E-state index contributed by atoms with van der Waals surface area (Å²) in [6.45, 7) is 1.99. The quantitative estimate of drug-likeness (QED) is 0.791. The molecule has 0 aromatic heterocycles. The van der Waals surface area contributed by atoms with Gasteiger partial charge in [-0.2, -0.15) is 11.8 Å². The molecule has 0 aliphatic carbocycles.